The van der Waals surface area contributed by atoms with Crippen molar-refractivity contribution in [2.24, 2.45) is 39.4 Å². The van der Waals surface area contributed by atoms with Crippen LogP contribution in [0.15, 0.2) is 11.6 Å². The SMILES string of the molecule is CC(=O)OC(C)(C)CCC(=O)[C@@](C)(O)C1[C@@H](O)C[C@]2(C)[C@H]3CC=C4[C@H](C[C@@H](O[C@H]5O[C@@H](CO)[C@H](O)[C@@H](O)[C@@H]5O)C(=O)C4(C)C)[C@@]3(C)C(=O)C[C@@]12C. The summed E-state index contributed by atoms with van der Waals surface area (Å²) in [5.74, 6) is -3.22. The number of aliphatic hydroxyl groups excluding tert-OH is 5. The minimum Gasteiger partial charge on any atom is -0.460 e. The van der Waals surface area contributed by atoms with Crippen LogP contribution in [0, 0.1) is 39.4 Å². The van der Waals surface area contributed by atoms with Crippen LogP contribution in [0.1, 0.15) is 101 Å². The second-order valence-corrected chi connectivity index (χ2v) is 17.9. The number of allylic oxidation sites excluding steroid dienone is 2. The van der Waals surface area contributed by atoms with Crippen molar-refractivity contribution in [2.75, 3.05) is 6.61 Å². The fourth-order valence-corrected chi connectivity index (χ4v) is 11.1. The normalized spacial score (nSPS) is 44.8. The Hall–Kier alpha value is -2.10. The zero-order valence-electron chi connectivity index (χ0n) is 31.3. The molecule has 4 aliphatic carbocycles. The maximum Gasteiger partial charge on any atom is 0.303 e. The van der Waals surface area contributed by atoms with Gasteiger partial charge in [-0.3, -0.25) is 19.2 Å². The number of fused-ring (bicyclic) bond motifs is 5. The number of esters is 1. The molecule has 4 fully saturated rings. The number of aliphatic hydroxyl groups is 6. The first kappa shape index (κ1) is 40.1. The van der Waals surface area contributed by atoms with Gasteiger partial charge in [0.15, 0.2) is 17.9 Å². The number of rotatable bonds is 9. The van der Waals surface area contributed by atoms with Crippen LogP contribution < -0.4 is 0 Å². The summed E-state index contributed by atoms with van der Waals surface area (Å²) in [6.45, 7) is 14.7. The summed E-state index contributed by atoms with van der Waals surface area (Å²) in [5, 5.41) is 64.8. The summed E-state index contributed by atoms with van der Waals surface area (Å²) in [6.07, 6.45) is -7.25. The number of carbonyl (C=O) groups is 4. The van der Waals surface area contributed by atoms with E-state index in [9.17, 15) is 49.8 Å². The topological polar surface area (TPSA) is 217 Å². The van der Waals surface area contributed by atoms with Gasteiger partial charge in [0.05, 0.1) is 12.7 Å². The predicted molar refractivity (Wildman–Crippen MR) is 180 cm³/mol. The Balaban J connectivity index is 1.46. The molecule has 1 heterocycles. The Bertz CT molecular complexity index is 1460. The van der Waals surface area contributed by atoms with Gasteiger partial charge in [0, 0.05) is 36.5 Å². The molecular weight excluding hydrogens is 664 g/mol. The van der Waals surface area contributed by atoms with Crippen molar-refractivity contribution in [2.45, 2.75) is 155 Å². The van der Waals surface area contributed by atoms with E-state index in [0.29, 0.717) is 6.42 Å². The van der Waals surface area contributed by atoms with Crippen molar-refractivity contribution in [1.29, 1.82) is 0 Å². The van der Waals surface area contributed by atoms with Gasteiger partial charge in [0.2, 0.25) is 0 Å². The average Bonchev–Trinajstić information content (AvgIpc) is 3.22. The molecule has 6 N–H and O–H groups in total. The maximum atomic E-state index is 14.8. The summed E-state index contributed by atoms with van der Waals surface area (Å²) < 4.78 is 17.0. The third-order valence-electron chi connectivity index (χ3n) is 14.1. The third-order valence-corrected chi connectivity index (χ3v) is 14.1. The van der Waals surface area contributed by atoms with Crippen LogP contribution in [0.2, 0.25) is 0 Å². The van der Waals surface area contributed by atoms with E-state index in [1.807, 2.05) is 26.8 Å². The molecule has 1 unspecified atom stereocenters. The lowest BCUT2D eigenvalue weighted by molar-refractivity contribution is -0.311. The van der Waals surface area contributed by atoms with Crippen LogP contribution in [0.5, 0.6) is 0 Å². The predicted octanol–water partition coefficient (Wildman–Crippen LogP) is 1.55. The zero-order valence-corrected chi connectivity index (χ0v) is 31.3. The van der Waals surface area contributed by atoms with Crippen molar-refractivity contribution in [1.82, 2.24) is 0 Å². The van der Waals surface area contributed by atoms with Crippen molar-refractivity contribution in [3.63, 3.8) is 0 Å². The highest BCUT2D eigenvalue weighted by Crippen LogP contribution is 2.74. The van der Waals surface area contributed by atoms with Gasteiger partial charge in [-0.05, 0) is 83.0 Å². The van der Waals surface area contributed by atoms with Gasteiger partial charge in [-0.2, -0.15) is 0 Å². The summed E-state index contributed by atoms with van der Waals surface area (Å²) in [4.78, 5) is 54.1. The van der Waals surface area contributed by atoms with Crippen LogP contribution in [-0.2, 0) is 33.4 Å². The lowest BCUT2D eigenvalue weighted by atomic mass is 9.38. The molecule has 0 bridgehead atoms. The van der Waals surface area contributed by atoms with Crippen LogP contribution in [0.4, 0.5) is 0 Å². The largest absolute Gasteiger partial charge is 0.460 e. The van der Waals surface area contributed by atoms with Crippen LogP contribution in [0.25, 0.3) is 0 Å². The van der Waals surface area contributed by atoms with Gasteiger partial charge in [0.1, 0.15) is 47.5 Å². The molecule has 0 aromatic carbocycles. The van der Waals surface area contributed by atoms with Gasteiger partial charge < -0.3 is 44.8 Å². The second-order valence-electron chi connectivity index (χ2n) is 17.9. The van der Waals surface area contributed by atoms with Crippen LogP contribution in [-0.4, -0.2) is 115 Å². The molecule has 0 aromatic rings. The summed E-state index contributed by atoms with van der Waals surface area (Å²) in [7, 11) is 0. The Kier molecular flexibility index (Phi) is 10.2. The minimum absolute atomic E-state index is 0.0308. The van der Waals surface area contributed by atoms with Crippen LogP contribution in [0.3, 0.4) is 0 Å². The molecule has 0 amide bonds. The van der Waals surface area contributed by atoms with Gasteiger partial charge in [0.25, 0.3) is 0 Å². The summed E-state index contributed by atoms with van der Waals surface area (Å²) in [5.41, 5.74) is -5.98. The van der Waals surface area contributed by atoms with Gasteiger partial charge in [-0.25, -0.2) is 0 Å². The van der Waals surface area contributed by atoms with E-state index in [0.717, 1.165) is 5.57 Å². The minimum atomic E-state index is -1.99. The molecular formula is C38H58O13. The van der Waals surface area contributed by atoms with Gasteiger partial charge in [-0.1, -0.05) is 32.4 Å². The molecule has 0 aromatic heterocycles. The molecule has 51 heavy (non-hydrogen) atoms. The Morgan fingerprint density at radius 3 is 2.20 bits per heavy atom. The molecule has 1 saturated heterocycles. The first-order chi connectivity index (χ1) is 23.3. The summed E-state index contributed by atoms with van der Waals surface area (Å²) in [6, 6.07) is 0. The average molecular weight is 723 g/mol. The number of hydrogen-bond donors (Lipinski definition) is 6. The fraction of sp³-hybridized carbons (Fsp3) is 0.842. The highest BCUT2D eigenvalue weighted by atomic mass is 16.7. The molecule has 14 atom stereocenters. The Labute approximate surface area is 299 Å². The highest BCUT2D eigenvalue weighted by molar-refractivity contribution is 5.95. The smallest absolute Gasteiger partial charge is 0.303 e. The maximum absolute atomic E-state index is 14.8. The number of hydrogen-bond acceptors (Lipinski definition) is 13. The standard InChI is InChI=1S/C38H58O13/c1-18(40)51-33(2,3)13-12-25(42)38(9,48)30-21(41)15-35(6)24-11-10-19-20(37(24,8)26(43)16-36(30,35)7)14-22(31(47)34(19,4)5)49-32-29(46)28(45)27(44)23(17-39)50-32/h10,20-24,27-30,32,39,41,44-46,48H,11-17H2,1-9H3/t20-,21-,22+,23-,24+,27-,28+,29-,30?,32-,35+,36-,37+,38+/m0/s1. The Morgan fingerprint density at radius 2 is 1.61 bits per heavy atom. The third kappa shape index (κ3) is 6.07. The number of ketones is 3. The fourth-order valence-electron chi connectivity index (χ4n) is 11.1. The van der Waals surface area contributed by atoms with Crippen molar-refractivity contribution in [3.05, 3.63) is 11.6 Å². The van der Waals surface area contributed by atoms with Crippen molar-refractivity contribution in [3.8, 4) is 0 Å². The molecule has 0 spiro atoms. The molecule has 0 radical (unpaired) electrons. The monoisotopic (exact) mass is 722 g/mol. The summed E-state index contributed by atoms with van der Waals surface area (Å²) >= 11 is 0. The number of carbonyl (C=O) groups excluding carboxylic acids is 4. The zero-order chi connectivity index (χ0) is 38.4. The first-order valence-corrected chi connectivity index (χ1v) is 18.2. The lowest BCUT2D eigenvalue weighted by Gasteiger charge is -2.64. The second kappa shape index (κ2) is 13.0. The van der Waals surface area contributed by atoms with E-state index in [2.05, 4.69) is 0 Å². The van der Waals surface area contributed by atoms with E-state index in [1.165, 1.54) is 13.8 Å². The molecule has 288 valence electrons. The van der Waals surface area contributed by atoms with E-state index < -0.39 is 106 Å². The molecule has 1 aliphatic heterocycles. The molecule has 5 rings (SSSR count). The van der Waals surface area contributed by atoms with Crippen molar-refractivity contribution < 1.29 is 64.0 Å². The van der Waals surface area contributed by atoms with E-state index >= 15 is 0 Å². The van der Waals surface area contributed by atoms with E-state index in [-0.39, 0.29) is 49.6 Å². The highest BCUT2D eigenvalue weighted by Gasteiger charge is 2.74. The molecule has 3 saturated carbocycles. The van der Waals surface area contributed by atoms with Crippen molar-refractivity contribution >= 4 is 23.3 Å². The van der Waals surface area contributed by atoms with Gasteiger partial charge in [-0.15, -0.1) is 0 Å². The Morgan fingerprint density at radius 1 is 0.980 bits per heavy atom. The van der Waals surface area contributed by atoms with Gasteiger partial charge >= 0.3 is 5.97 Å². The lowest BCUT2D eigenvalue weighted by Crippen LogP contribution is -2.66. The first-order valence-electron chi connectivity index (χ1n) is 18.2. The van der Waals surface area contributed by atoms with Crippen LogP contribution >= 0.6 is 0 Å². The van der Waals surface area contributed by atoms with E-state index in [1.54, 1.807) is 27.7 Å². The number of Topliss-reactive ketones (excluding diaryl/α,β-unsaturated/α-hetero) is 3. The molecule has 13 heteroatoms. The quantitative estimate of drug-likeness (QED) is 0.147. The molecule has 5 aliphatic rings. The molecule has 13 nitrogen and oxygen atoms in total. The number of ether oxygens (including phenoxy) is 3. The van der Waals surface area contributed by atoms with E-state index in [4.69, 9.17) is 14.2 Å².